The first-order chi connectivity index (χ1) is 14.7. The molecule has 1 aliphatic heterocycles. The fourth-order valence-electron chi connectivity index (χ4n) is 4.65. The van der Waals surface area contributed by atoms with Crippen molar-refractivity contribution >= 4 is 11.8 Å². The predicted octanol–water partition coefficient (Wildman–Crippen LogP) is 3.74. The highest BCUT2D eigenvalue weighted by Gasteiger charge is 2.47. The minimum atomic E-state index is -0.579. The summed E-state index contributed by atoms with van der Waals surface area (Å²) in [6, 6.07) is 3.59. The van der Waals surface area contributed by atoms with Gasteiger partial charge in [-0.05, 0) is 25.3 Å². The third-order valence-corrected chi connectivity index (χ3v) is 5.80. The van der Waals surface area contributed by atoms with Crippen molar-refractivity contribution in [3.05, 3.63) is 40.7 Å². The van der Waals surface area contributed by atoms with E-state index in [2.05, 4.69) is 11.4 Å². The number of esters is 1. The molecule has 1 aliphatic carbocycles. The number of benzene rings is 1. The van der Waals surface area contributed by atoms with E-state index in [1.165, 1.54) is 14.2 Å². The van der Waals surface area contributed by atoms with Gasteiger partial charge in [0.1, 0.15) is 5.78 Å². The van der Waals surface area contributed by atoms with Gasteiger partial charge in [0.05, 0.1) is 39.4 Å². The second-order valence-electron chi connectivity index (χ2n) is 8.49. The number of carbonyl (C=O) groups excluding carboxylic acids is 2. The Balaban J connectivity index is 2.31. The second kappa shape index (κ2) is 8.65. The molecule has 1 aromatic carbocycles. The van der Waals surface area contributed by atoms with Crippen molar-refractivity contribution in [2.45, 2.75) is 40.0 Å². The largest absolute Gasteiger partial charge is 0.493 e. The smallest absolute Gasteiger partial charge is 0.336 e. The van der Waals surface area contributed by atoms with E-state index in [4.69, 9.17) is 18.9 Å². The van der Waals surface area contributed by atoms with Gasteiger partial charge in [-0.1, -0.05) is 26.0 Å². The molecule has 0 bridgehead atoms. The molecule has 2 aliphatic rings. The Hall–Kier alpha value is -2.96. The molecular formula is C24H31NO6. The van der Waals surface area contributed by atoms with Gasteiger partial charge in [-0.2, -0.15) is 0 Å². The van der Waals surface area contributed by atoms with Gasteiger partial charge in [0, 0.05) is 29.3 Å². The quantitative estimate of drug-likeness (QED) is 0.690. The lowest BCUT2D eigenvalue weighted by Crippen LogP contribution is -2.43. The second-order valence-corrected chi connectivity index (χ2v) is 8.49. The Morgan fingerprint density at radius 2 is 1.77 bits per heavy atom. The number of ketones is 1. The van der Waals surface area contributed by atoms with E-state index in [0.29, 0.717) is 40.5 Å². The van der Waals surface area contributed by atoms with Gasteiger partial charge >= 0.3 is 5.97 Å². The van der Waals surface area contributed by atoms with Crippen molar-refractivity contribution in [1.82, 2.24) is 5.32 Å². The maximum absolute atomic E-state index is 13.4. The van der Waals surface area contributed by atoms with Gasteiger partial charge in [-0.3, -0.25) is 4.79 Å². The third-order valence-electron chi connectivity index (χ3n) is 5.80. The molecule has 7 heteroatoms. The maximum Gasteiger partial charge on any atom is 0.336 e. The molecule has 7 nitrogen and oxygen atoms in total. The van der Waals surface area contributed by atoms with Gasteiger partial charge in [-0.15, -0.1) is 0 Å². The lowest BCUT2D eigenvalue weighted by atomic mass is 9.66. The number of rotatable bonds is 6. The fourth-order valence-corrected chi connectivity index (χ4v) is 4.65. The molecule has 0 fully saturated rings. The van der Waals surface area contributed by atoms with E-state index in [0.717, 1.165) is 5.70 Å². The monoisotopic (exact) mass is 429 g/mol. The molecule has 1 N–H and O–H groups in total. The average Bonchev–Trinajstić information content (AvgIpc) is 2.70. The number of carbonyl (C=O) groups is 2. The summed E-state index contributed by atoms with van der Waals surface area (Å²) in [6.07, 6.45) is 2.47. The zero-order valence-electron chi connectivity index (χ0n) is 19.3. The molecule has 0 radical (unpaired) electrons. The first-order valence-electron chi connectivity index (χ1n) is 10.4. The van der Waals surface area contributed by atoms with Crippen LogP contribution in [-0.4, -0.2) is 39.7 Å². The van der Waals surface area contributed by atoms with Crippen LogP contribution >= 0.6 is 0 Å². The van der Waals surface area contributed by atoms with Crippen molar-refractivity contribution in [3.8, 4) is 17.2 Å². The van der Waals surface area contributed by atoms with E-state index < -0.39 is 17.8 Å². The van der Waals surface area contributed by atoms with Crippen molar-refractivity contribution in [2.24, 2.45) is 11.3 Å². The number of ether oxygens (including phenoxy) is 4. The van der Waals surface area contributed by atoms with Crippen LogP contribution < -0.4 is 19.5 Å². The summed E-state index contributed by atoms with van der Waals surface area (Å²) in [5.41, 5.74) is 2.28. The van der Waals surface area contributed by atoms with Crippen molar-refractivity contribution in [2.75, 3.05) is 27.9 Å². The van der Waals surface area contributed by atoms with E-state index in [1.807, 2.05) is 26.8 Å². The fraction of sp³-hybridized carbons (Fsp3) is 0.500. The Morgan fingerprint density at radius 1 is 1.10 bits per heavy atom. The Bertz CT molecular complexity index is 959. The van der Waals surface area contributed by atoms with Crippen LogP contribution in [0.15, 0.2) is 35.2 Å². The zero-order chi connectivity index (χ0) is 22.9. The third kappa shape index (κ3) is 4.01. The van der Waals surface area contributed by atoms with E-state index in [-0.39, 0.29) is 17.8 Å². The van der Waals surface area contributed by atoms with Crippen LogP contribution in [0.4, 0.5) is 0 Å². The van der Waals surface area contributed by atoms with Crippen LogP contribution in [0.25, 0.3) is 0 Å². The molecule has 1 aromatic rings. The molecular weight excluding hydrogens is 398 g/mol. The van der Waals surface area contributed by atoms with Crippen LogP contribution in [0, 0.1) is 11.3 Å². The Kier molecular flexibility index (Phi) is 6.34. The van der Waals surface area contributed by atoms with Crippen LogP contribution in [-0.2, 0) is 14.3 Å². The number of methoxy groups -OCH3 is 3. The number of fused-ring (bicyclic) bond motifs is 1. The SMILES string of the molecule is CCOC(=O)C1=C(C)NC2=CC(C)(C)CC(=O)C2C1c1ccc(OC)c(OC)c1OC. The molecule has 0 saturated heterocycles. The standard InChI is InChI=1S/C24H31NO6/c1-8-31-23(27)18-13(2)25-15-11-24(3,4)12-16(26)20(15)19(18)14-9-10-17(28-5)22(30-7)21(14)29-6/h9-11,19-20,25H,8,12H2,1-7H3. The Labute approximate surface area is 183 Å². The summed E-state index contributed by atoms with van der Waals surface area (Å²) in [4.78, 5) is 26.4. The molecule has 3 rings (SSSR count). The molecule has 2 unspecified atom stereocenters. The normalized spacial score (nSPS) is 22.2. The lowest BCUT2D eigenvalue weighted by molar-refractivity contribution is -0.139. The highest BCUT2D eigenvalue weighted by molar-refractivity contribution is 5.96. The molecule has 0 saturated carbocycles. The molecule has 1 heterocycles. The number of nitrogens with one attached hydrogen (secondary N) is 1. The highest BCUT2D eigenvalue weighted by atomic mass is 16.5. The first kappa shape index (κ1) is 22.7. The Morgan fingerprint density at radius 3 is 2.35 bits per heavy atom. The van der Waals surface area contributed by atoms with E-state index in [1.54, 1.807) is 20.1 Å². The van der Waals surface area contributed by atoms with Crippen LogP contribution in [0.1, 0.15) is 45.6 Å². The van der Waals surface area contributed by atoms with Crippen molar-refractivity contribution in [1.29, 1.82) is 0 Å². The number of allylic oxidation sites excluding steroid dienone is 3. The van der Waals surface area contributed by atoms with Gasteiger partial charge in [-0.25, -0.2) is 4.79 Å². The molecule has 0 spiro atoms. The van der Waals surface area contributed by atoms with Gasteiger partial charge < -0.3 is 24.3 Å². The average molecular weight is 430 g/mol. The molecule has 31 heavy (non-hydrogen) atoms. The van der Waals surface area contributed by atoms with Crippen LogP contribution in [0.3, 0.4) is 0 Å². The van der Waals surface area contributed by atoms with Gasteiger partial charge in [0.15, 0.2) is 11.5 Å². The summed E-state index contributed by atoms with van der Waals surface area (Å²) >= 11 is 0. The lowest BCUT2D eigenvalue weighted by Gasteiger charge is -2.41. The molecule has 0 aromatic heterocycles. The van der Waals surface area contributed by atoms with Crippen molar-refractivity contribution < 1.29 is 28.5 Å². The highest BCUT2D eigenvalue weighted by Crippen LogP contribution is 2.52. The van der Waals surface area contributed by atoms with Gasteiger partial charge in [0.2, 0.25) is 5.75 Å². The topological polar surface area (TPSA) is 83.1 Å². The molecule has 2 atom stereocenters. The number of hydrogen-bond acceptors (Lipinski definition) is 7. The first-order valence-corrected chi connectivity index (χ1v) is 10.4. The number of hydrogen-bond donors (Lipinski definition) is 1. The zero-order valence-corrected chi connectivity index (χ0v) is 19.3. The minimum Gasteiger partial charge on any atom is -0.493 e. The van der Waals surface area contributed by atoms with Crippen LogP contribution in [0.5, 0.6) is 17.2 Å². The predicted molar refractivity (Wildman–Crippen MR) is 116 cm³/mol. The minimum absolute atomic E-state index is 0.0612. The summed E-state index contributed by atoms with van der Waals surface area (Å²) < 4.78 is 22.1. The molecule has 168 valence electrons. The summed E-state index contributed by atoms with van der Waals surface area (Å²) in [6.45, 7) is 7.88. The van der Waals surface area contributed by atoms with Gasteiger partial charge in [0.25, 0.3) is 0 Å². The maximum atomic E-state index is 13.4. The summed E-state index contributed by atoms with van der Waals surface area (Å²) in [5, 5.41) is 3.30. The number of Topliss-reactive ketones (excluding diaryl/α,β-unsaturated/α-hetero) is 1. The molecule has 0 amide bonds. The van der Waals surface area contributed by atoms with Crippen LogP contribution in [0.2, 0.25) is 0 Å². The summed E-state index contributed by atoms with van der Waals surface area (Å²) in [7, 11) is 4.60. The van der Waals surface area contributed by atoms with E-state index in [9.17, 15) is 9.59 Å². The van der Waals surface area contributed by atoms with E-state index >= 15 is 0 Å². The van der Waals surface area contributed by atoms with Crippen molar-refractivity contribution in [3.63, 3.8) is 0 Å². The summed E-state index contributed by atoms with van der Waals surface area (Å²) in [5.74, 6) is -0.177.